The molecule has 2 aromatic rings. The average molecular weight is 294 g/mol. The van der Waals surface area contributed by atoms with Gasteiger partial charge in [0.25, 0.3) is 0 Å². The third-order valence-electron chi connectivity index (χ3n) is 3.53. The predicted molar refractivity (Wildman–Crippen MR) is 73.9 cm³/mol. The molecule has 3 nitrogen and oxygen atoms in total. The molecule has 4 heteroatoms. The number of pyridine rings is 1. The normalized spacial score (nSPS) is 20.3. The third kappa shape index (κ3) is 2.06. The Balaban J connectivity index is 1.87. The lowest BCUT2D eigenvalue weighted by molar-refractivity contribution is 0.575. The molecule has 17 heavy (non-hydrogen) atoms. The highest BCUT2D eigenvalue weighted by molar-refractivity contribution is 9.09. The van der Waals surface area contributed by atoms with Crippen molar-refractivity contribution in [2.75, 3.05) is 23.3 Å². The lowest BCUT2D eigenvalue weighted by Gasteiger charge is -2.19. The van der Waals surface area contributed by atoms with Gasteiger partial charge in [-0.15, -0.1) is 0 Å². The second kappa shape index (κ2) is 4.69. The molecule has 0 bridgehead atoms. The van der Waals surface area contributed by atoms with E-state index in [4.69, 9.17) is 0 Å². The van der Waals surface area contributed by atoms with E-state index < -0.39 is 0 Å². The van der Waals surface area contributed by atoms with Gasteiger partial charge in [0.05, 0.1) is 0 Å². The Morgan fingerprint density at radius 1 is 1.41 bits per heavy atom. The summed E-state index contributed by atoms with van der Waals surface area (Å²) in [4.78, 5) is 6.81. The number of hydrogen-bond donors (Lipinski definition) is 0. The summed E-state index contributed by atoms with van der Waals surface area (Å²) in [5.41, 5.74) is 1.03. The zero-order chi connectivity index (χ0) is 11.7. The Morgan fingerprint density at radius 2 is 2.35 bits per heavy atom. The number of hydrogen-bond acceptors (Lipinski definition) is 2. The summed E-state index contributed by atoms with van der Waals surface area (Å²) in [6.07, 6.45) is 6.49. The molecule has 1 saturated heterocycles. The maximum absolute atomic E-state index is 4.33. The molecule has 1 aliphatic rings. The zero-order valence-electron chi connectivity index (χ0n) is 9.72. The highest BCUT2D eigenvalue weighted by Gasteiger charge is 2.23. The van der Waals surface area contributed by atoms with Crippen LogP contribution in [0.25, 0.3) is 5.65 Å². The van der Waals surface area contributed by atoms with Gasteiger partial charge in [-0.3, -0.25) is 4.40 Å². The quantitative estimate of drug-likeness (QED) is 0.811. The summed E-state index contributed by atoms with van der Waals surface area (Å²) >= 11 is 3.54. The van der Waals surface area contributed by atoms with E-state index in [1.54, 1.807) is 0 Å². The Kier molecular flexibility index (Phi) is 3.05. The van der Waals surface area contributed by atoms with Crippen LogP contribution in [-0.2, 0) is 0 Å². The van der Waals surface area contributed by atoms with Gasteiger partial charge in [-0.2, -0.15) is 0 Å². The van der Waals surface area contributed by atoms with E-state index >= 15 is 0 Å². The van der Waals surface area contributed by atoms with Crippen LogP contribution in [0.1, 0.15) is 12.8 Å². The summed E-state index contributed by atoms with van der Waals surface area (Å²) in [5.74, 6) is 2.10. The smallest absolute Gasteiger partial charge is 0.138 e. The van der Waals surface area contributed by atoms with Crippen LogP contribution < -0.4 is 4.90 Å². The molecule has 1 aliphatic heterocycles. The summed E-state index contributed by atoms with van der Waals surface area (Å²) < 4.78 is 2.18. The summed E-state index contributed by atoms with van der Waals surface area (Å²) in [6, 6.07) is 6.33. The van der Waals surface area contributed by atoms with Gasteiger partial charge >= 0.3 is 0 Å². The van der Waals surface area contributed by atoms with E-state index in [0.717, 1.165) is 23.4 Å². The molecule has 0 saturated carbocycles. The van der Waals surface area contributed by atoms with Crippen molar-refractivity contribution in [1.82, 2.24) is 9.38 Å². The van der Waals surface area contributed by atoms with Gasteiger partial charge in [-0.25, -0.2) is 4.98 Å². The Hall–Kier alpha value is -1.03. The van der Waals surface area contributed by atoms with E-state index in [1.165, 1.54) is 25.2 Å². The molecule has 0 aromatic carbocycles. The molecule has 90 valence electrons. The molecule has 2 aromatic heterocycles. The first-order valence-corrected chi connectivity index (χ1v) is 7.23. The minimum absolute atomic E-state index is 0.827. The molecule has 0 N–H and O–H groups in total. The number of aromatic nitrogens is 2. The standard InChI is InChI=1S/C13H16BrN3/c14-6-4-11-5-8-16(10-11)13-3-1-2-12-15-7-9-17(12)13/h1-3,7,9,11H,4-6,8,10H2. The molecule has 0 radical (unpaired) electrons. The van der Waals surface area contributed by atoms with Crippen molar-refractivity contribution in [1.29, 1.82) is 0 Å². The van der Waals surface area contributed by atoms with Gasteiger partial charge < -0.3 is 4.90 Å². The number of halogens is 1. The van der Waals surface area contributed by atoms with Crippen molar-refractivity contribution in [2.45, 2.75) is 12.8 Å². The van der Waals surface area contributed by atoms with Crippen molar-refractivity contribution < 1.29 is 0 Å². The fourth-order valence-electron chi connectivity index (χ4n) is 2.62. The monoisotopic (exact) mass is 293 g/mol. The maximum atomic E-state index is 4.33. The minimum atomic E-state index is 0.827. The SMILES string of the molecule is BrCCC1CCN(c2cccc3nccn23)C1. The fraction of sp³-hybridized carbons (Fsp3) is 0.462. The van der Waals surface area contributed by atoms with Crippen LogP contribution in [0.2, 0.25) is 0 Å². The van der Waals surface area contributed by atoms with E-state index in [9.17, 15) is 0 Å². The van der Waals surface area contributed by atoms with E-state index in [0.29, 0.717) is 0 Å². The van der Waals surface area contributed by atoms with Crippen LogP contribution in [-0.4, -0.2) is 27.8 Å². The number of nitrogens with zero attached hydrogens (tertiary/aromatic N) is 3. The van der Waals surface area contributed by atoms with Crippen molar-refractivity contribution in [3.05, 3.63) is 30.6 Å². The van der Waals surface area contributed by atoms with Crippen LogP contribution >= 0.6 is 15.9 Å². The Bertz CT molecular complexity index is 508. The molecule has 0 spiro atoms. The van der Waals surface area contributed by atoms with Crippen LogP contribution in [0.3, 0.4) is 0 Å². The van der Waals surface area contributed by atoms with Gasteiger partial charge in [0.15, 0.2) is 0 Å². The van der Waals surface area contributed by atoms with E-state index in [-0.39, 0.29) is 0 Å². The van der Waals surface area contributed by atoms with Crippen molar-refractivity contribution in [3.63, 3.8) is 0 Å². The summed E-state index contributed by atoms with van der Waals surface area (Å²) in [5, 5.41) is 1.11. The first-order valence-electron chi connectivity index (χ1n) is 6.11. The third-order valence-corrected chi connectivity index (χ3v) is 3.99. The molecule has 3 heterocycles. The summed E-state index contributed by atoms with van der Waals surface area (Å²) in [6.45, 7) is 2.33. The topological polar surface area (TPSA) is 20.5 Å². The molecule has 1 atom stereocenters. The number of fused-ring (bicyclic) bond motifs is 1. The van der Waals surface area contributed by atoms with Crippen LogP contribution in [0, 0.1) is 5.92 Å². The molecule has 3 rings (SSSR count). The molecule has 1 fully saturated rings. The first-order chi connectivity index (χ1) is 8.38. The van der Waals surface area contributed by atoms with Gasteiger partial charge in [0, 0.05) is 30.8 Å². The van der Waals surface area contributed by atoms with E-state index in [2.05, 4.69) is 48.4 Å². The van der Waals surface area contributed by atoms with Gasteiger partial charge in [0.1, 0.15) is 11.5 Å². The molecule has 0 amide bonds. The zero-order valence-corrected chi connectivity index (χ0v) is 11.3. The molecule has 0 aliphatic carbocycles. The van der Waals surface area contributed by atoms with Crippen molar-refractivity contribution >= 4 is 27.4 Å². The van der Waals surface area contributed by atoms with Crippen LogP contribution in [0.5, 0.6) is 0 Å². The molecular formula is C13H16BrN3. The minimum Gasteiger partial charge on any atom is -0.357 e. The highest BCUT2D eigenvalue weighted by atomic mass is 79.9. The number of anilines is 1. The predicted octanol–water partition coefficient (Wildman–Crippen LogP) is 2.95. The Labute approximate surface area is 110 Å². The van der Waals surface area contributed by atoms with Crippen molar-refractivity contribution in [2.24, 2.45) is 5.92 Å². The van der Waals surface area contributed by atoms with Gasteiger partial charge in [0.2, 0.25) is 0 Å². The first kappa shape index (κ1) is 11.1. The molecule has 1 unspecified atom stereocenters. The van der Waals surface area contributed by atoms with Gasteiger partial charge in [-0.1, -0.05) is 22.0 Å². The highest BCUT2D eigenvalue weighted by Crippen LogP contribution is 2.26. The number of alkyl halides is 1. The number of imidazole rings is 1. The lowest BCUT2D eigenvalue weighted by atomic mass is 10.1. The van der Waals surface area contributed by atoms with Crippen molar-refractivity contribution in [3.8, 4) is 0 Å². The molecular weight excluding hydrogens is 278 g/mol. The van der Waals surface area contributed by atoms with E-state index in [1.807, 2.05) is 12.4 Å². The largest absolute Gasteiger partial charge is 0.357 e. The van der Waals surface area contributed by atoms with Crippen LogP contribution in [0.15, 0.2) is 30.6 Å². The second-order valence-corrected chi connectivity index (χ2v) is 5.41. The average Bonchev–Trinajstić information content (AvgIpc) is 2.96. The Morgan fingerprint density at radius 3 is 3.24 bits per heavy atom. The second-order valence-electron chi connectivity index (χ2n) is 4.62. The fourth-order valence-corrected chi connectivity index (χ4v) is 3.27. The maximum Gasteiger partial charge on any atom is 0.138 e. The van der Waals surface area contributed by atoms with Crippen LogP contribution in [0.4, 0.5) is 5.82 Å². The summed E-state index contributed by atoms with van der Waals surface area (Å²) in [7, 11) is 0. The van der Waals surface area contributed by atoms with Gasteiger partial charge in [-0.05, 0) is 30.9 Å². The lowest BCUT2D eigenvalue weighted by Crippen LogP contribution is -2.22. The number of rotatable bonds is 3.